The van der Waals surface area contributed by atoms with E-state index in [1.165, 1.54) is 0 Å². The summed E-state index contributed by atoms with van der Waals surface area (Å²) >= 11 is 0. The predicted molar refractivity (Wildman–Crippen MR) is 95.0 cm³/mol. The third kappa shape index (κ3) is 4.39. The molecule has 0 aromatic heterocycles. The Hall–Kier alpha value is -1.89. The summed E-state index contributed by atoms with van der Waals surface area (Å²) < 4.78 is 23.0. The van der Waals surface area contributed by atoms with Crippen LogP contribution in [0.1, 0.15) is 28.8 Å². The fourth-order valence-corrected chi connectivity index (χ4v) is 5.31. The normalized spacial score (nSPS) is 22.8. The maximum absolute atomic E-state index is 12.5. The molecule has 0 spiro atoms. The molecule has 2 aliphatic rings. The molecule has 1 unspecified atom stereocenters. The Bertz CT molecular complexity index is 750. The van der Waals surface area contributed by atoms with Gasteiger partial charge in [0, 0.05) is 38.2 Å². The van der Waals surface area contributed by atoms with Crippen molar-refractivity contribution in [3.8, 4) is 0 Å². The van der Waals surface area contributed by atoms with Gasteiger partial charge in [-0.2, -0.15) is 0 Å². The van der Waals surface area contributed by atoms with Gasteiger partial charge in [0.15, 0.2) is 9.84 Å². The summed E-state index contributed by atoms with van der Waals surface area (Å²) in [5, 5.41) is 0. The van der Waals surface area contributed by atoms with Gasteiger partial charge in [0.2, 0.25) is 5.91 Å². The van der Waals surface area contributed by atoms with Gasteiger partial charge in [0.25, 0.3) is 5.91 Å². The van der Waals surface area contributed by atoms with Crippen molar-refractivity contribution < 1.29 is 18.0 Å². The Kier molecular flexibility index (Phi) is 5.13. The Balaban J connectivity index is 1.50. The molecule has 25 heavy (non-hydrogen) atoms. The Morgan fingerprint density at radius 1 is 1.04 bits per heavy atom. The molecule has 1 atom stereocenters. The minimum absolute atomic E-state index is 0.00420. The molecule has 0 bridgehead atoms. The molecular formula is C18H24N2O4S. The third-order valence-electron chi connectivity index (χ3n) is 5.01. The highest BCUT2D eigenvalue weighted by Crippen LogP contribution is 2.22. The summed E-state index contributed by atoms with van der Waals surface area (Å²) in [6.45, 7) is 4.03. The lowest BCUT2D eigenvalue weighted by Crippen LogP contribution is -2.50. The highest BCUT2D eigenvalue weighted by atomic mass is 32.2. The first kappa shape index (κ1) is 17.9. The second-order valence-electron chi connectivity index (χ2n) is 7.01. The van der Waals surface area contributed by atoms with Crippen LogP contribution in [0, 0.1) is 12.8 Å². The molecule has 3 rings (SSSR count). The summed E-state index contributed by atoms with van der Waals surface area (Å²) in [7, 11) is -2.95. The van der Waals surface area contributed by atoms with Crippen molar-refractivity contribution in [1.29, 1.82) is 0 Å². The van der Waals surface area contributed by atoms with Crippen LogP contribution in [0.4, 0.5) is 0 Å². The number of aryl methyl sites for hydroxylation is 1. The summed E-state index contributed by atoms with van der Waals surface area (Å²) in [4.78, 5) is 28.4. The topological polar surface area (TPSA) is 74.8 Å². The average molecular weight is 364 g/mol. The van der Waals surface area contributed by atoms with E-state index in [0.717, 1.165) is 5.56 Å². The lowest BCUT2D eigenvalue weighted by Gasteiger charge is -2.35. The van der Waals surface area contributed by atoms with Gasteiger partial charge in [0.05, 0.1) is 11.5 Å². The van der Waals surface area contributed by atoms with E-state index in [0.29, 0.717) is 44.6 Å². The van der Waals surface area contributed by atoms with Crippen LogP contribution in [0.5, 0.6) is 0 Å². The van der Waals surface area contributed by atoms with Crippen LogP contribution in [0.2, 0.25) is 0 Å². The van der Waals surface area contributed by atoms with Gasteiger partial charge in [-0.25, -0.2) is 8.42 Å². The van der Waals surface area contributed by atoms with E-state index in [1.54, 1.807) is 9.80 Å². The number of hydrogen-bond acceptors (Lipinski definition) is 4. The van der Waals surface area contributed by atoms with Crippen LogP contribution < -0.4 is 0 Å². The van der Waals surface area contributed by atoms with Crippen LogP contribution >= 0.6 is 0 Å². The van der Waals surface area contributed by atoms with Crippen molar-refractivity contribution in [2.24, 2.45) is 5.92 Å². The molecule has 1 aromatic carbocycles. The summed E-state index contributed by atoms with van der Waals surface area (Å²) in [5.74, 6) is 0.275. The SMILES string of the molecule is Cc1ccc(C(=O)N2CCN(C(=O)CC3CCS(=O)(=O)C3)CC2)cc1. The Morgan fingerprint density at radius 2 is 1.64 bits per heavy atom. The molecule has 1 aromatic rings. The van der Waals surface area contributed by atoms with E-state index >= 15 is 0 Å². The lowest BCUT2D eigenvalue weighted by atomic mass is 10.0. The lowest BCUT2D eigenvalue weighted by molar-refractivity contribution is -0.133. The predicted octanol–water partition coefficient (Wildman–Crippen LogP) is 1.10. The first-order valence-corrected chi connectivity index (χ1v) is 10.5. The molecule has 2 aliphatic heterocycles. The molecule has 0 aliphatic carbocycles. The molecule has 2 fully saturated rings. The molecule has 2 saturated heterocycles. The van der Waals surface area contributed by atoms with Gasteiger partial charge in [-0.3, -0.25) is 9.59 Å². The van der Waals surface area contributed by atoms with Crippen LogP contribution in [0.15, 0.2) is 24.3 Å². The first-order valence-electron chi connectivity index (χ1n) is 8.68. The van der Waals surface area contributed by atoms with Crippen molar-refractivity contribution in [3.63, 3.8) is 0 Å². The number of amides is 2. The van der Waals surface area contributed by atoms with Crippen molar-refractivity contribution in [2.75, 3.05) is 37.7 Å². The summed E-state index contributed by atoms with van der Waals surface area (Å²) in [6, 6.07) is 7.50. The molecule has 0 N–H and O–H groups in total. The Labute approximate surface area is 148 Å². The fraction of sp³-hybridized carbons (Fsp3) is 0.556. The maximum atomic E-state index is 12.5. The van der Waals surface area contributed by atoms with E-state index in [-0.39, 0.29) is 29.2 Å². The van der Waals surface area contributed by atoms with Crippen molar-refractivity contribution >= 4 is 21.7 Å². The first-order chi connectivity index (χ1) is 11.8. The molecule has 2 heterocycles. The van der Waals surface area contributed by atoms with Gasteiger partial charge in [0.1, 0.15) is 0 Å². The zero-order valence-electron chi connectivity index (χ0n) is 14.5. The van der Waals surface area contributed by atoms with Crippen molar-refractivity contribution in [2.45, 2.75) is 19.8 Å². The number of piperazine rings is 1. The molecule has 0 saturated carbocycles. The van der Waals surface area contributed by atoms with E-state index in [4.69, 9.17) is 0 Å². The standard InChI is InChI=1S/C18H24N2O4S/c1-14-2-4-16(5-3-14)18(22)20-9-7-19(8-10-20)17(21)12-15-6-11-25(23,24)13-15/h2-5,15H,6-13H2,1H3. The molecule has 0 radical (unpaired) electrons. The van der Waals surface area contributed by atoms with Crippen molar-refractivity contribution in [1.82, 2.24) is 9.80 Å². The quantitative estimate of drug-likeness (QED) is 0.805. The van der Waals surface area contributed by atoms with E-state index in [1.807, 2.05) is 31.2 Å². The maximum Gasteiger partial charge on any atom is 0.253 e. The van der Waals surface area contributed by atoms with Gasteiger partial charge in [-0.15, -0.1) is 0 Å². The second-order valence-corrected chi connectivity index (χ2v) is 9.24. The fourth-order valence-electron chi connectivity index (χ4n) is 3.45. The minimum atomic E-state index is -2.95. The summed E-state index contributed by atoms with van der Waals surface area (Å²) in [5.41, 5.74) is 1.78. The molecule has 6 nitrogen and oxygen atoms in total. The van der Waals surface area contributed by atoms with Gasteiger partial charge >= 0.3 is 0 Å². The van der Waals surface area contributed by atoms with Crippen LogP contribution in [0.25, 0.3) is 0 Å². The molecule has 2 amide bonds. The van der Waals surface area contributed by atoms with E-state index in [9.17, 15) is 18.0 Å². The Morgan fingerprint density at radius 3 is 2.20 bits per heavy atom. The molecule has 136 valence electrons. The van der Waals surface area contributed by atoms with Gasteiger partial charge in [-0.05, 0) is 31.4 Å². The second kappa shape index (κ2) is 7.15. The zero-order valence-corrected chi connectivity index (χ0v) is 15.3. The number of carbonyl (C=O) groups is 2. The van der Waals surface area contributed by atoms with Gasteiger partial charge < -0.3 is 9.80 Å². The molecular weight excluding hydrogens is 340 g/mol. The smallest absolute Gasteiger partial charge is 0.253 e. The van der Waals surface area contributed by atoms with E-state index < -0.39 is 9.84 Å². The highest BCUT2D eigenvalue weighted by Gasteiger charge is 2.32. The van der Waals surface area contributed by atoms with Crippen LogP contribution in [0.3, 0.4) is 0 Å². The number of benzene rings is 1. The largest absolute Gasteiger partial charge is 0.339 e. The zero-order chi connectivity index (χ0) is 18.0. The monoisotopic (exact) mass is 364 g/mol. The third-order valence-corrected chi connectivity index (χ3v) is 6.85. The molecule has 7 heteroatoms. The number of carbonyl (C=O) groups excluding carboxylic acids is 2. The van der Waals surface area contributed by atoms with Gasteiger partial charge in [-0.1, -0.05) is 17.7 Å². The van der Waals surface area contributed by atoms with Crippen LogP contribution in [-0.2, 0) is 14.6 Å². The number of nitrogens with zero attached hydrogens (tertiary/aromatic N) is 2. The van der Waals surface area contributed by atoms with Crippen LogP contribution in [-0.4, -0.2) is 67.7 Å². The average Bonchev–Trinajstić information content (AvgIpc) is 2.93. The minimum Gasteiger partial charge on any atom is -0.339 e. The summed E-state index contributed by atoms with van der Waals surface area (Å²) in [6.07, 6.45) is 0.880. The van der Waals surface area contributed by atoms with E-state index in [2.05, 4.69) is 0 Å². The van der Waals surface area contributed by atoms with Crippen molar-refractivity contribution in [3.05, 3.63) is 35.4 Å². The number of sulfone groups is 1. The number of rotatable bonds is 3. The highest BCUT2D eigenvalue weighted by molar-refractivity contribution is 7.91. The number of hydrogen-bond donors (Lipinski definition) is 0.